The van der Waals surface area contributed by atoms with Crippen molar-refractivity contribution in [1.29, 1.82) is 0 Å². The van der Waals surface area contributed by atoms with E-state index in [2.05, 4.69) is 5.32 Å². The van der Waals surface area contributed by atoms with Crippen molar-refractivity contribution < 1.29 is 19.4 Å². The fraction of sp³-hybridized carbons (Fsp3) is 0.176. The quantitative estimate of drug-likeness (QED) is 0.650. The number of aromatic hydroxyl groups is 1. The molecule has 6 heteroatoms. The number of nitrogens with one attached hydrogen (secondary N) is 1. The first-order valence-electron chi connectivity index (χ1n) is 6.91. The summed E-state index contributed by atoms with van der Waals surface area (Å²) >= 11 is 1.51. The smallest absolute Gasteiger partial charge is 0.342 e. The van der Waals surface area contributed by atoms with Gasteiger partial charge in [0.25, 0.3) is 5.91 Å². The number of rotatable bonds is 5. The molecule has 0 bridgehead atoms. The third-order valence-electron chi connectivity index (χ3n) is 3.09. The molecule has 2 aromatic rings. The maximum atomic E-state index is 11.9. The van der Waals surface area contributed by atoms with E-state index in [0.717, 1.165) is 10.5 Å². The molecule has 0 atom stereocenters. The summed E-state index contributed by atoms with van der Waals surface area (Å²) in [5, 5.41) is 12.4. The second-order valence-corrected chi connectivity index (χ2v) is 5.69. The van der Waals surface area contributed by atoms with Crippen LogP contribution >= 0.6 is 11.8 Å². The Kier molecular flexibility index (Phi) is 5.65. The zero-order valence-electron chi connectivity index (χ0n) is 12.8. The van der Waals surface area contributed by atoms with Crippen molar-refractivity contribution in [3.63, 3.8) is 0 Å². The zero-order valence-corrected chi connectivity index (χ0v) is 13.6. The minimum absolute atomic E-state index is 0.0351. The zero-order chi connectivity index (χ0) is 16.8. The number of phenols is 1. The molecule has 0 unspecified atom stereocenters. The van der Waals surface area contributed by atoms with Gasteiger partial charge in [-0.2, -0.15) is 0 Å². The van der Waals surface area contributed by atoms with Crippen LogP contribution in [-0.2, 0) is 9.53 Å². The van der Waals surface area contributed by atoms with Crippen molar-refractivity contribution in [2.24, 2.45) is 0 Å². The van der Waals surface area contributed by atoms with Crippen LogP contribution in [0.2, 0.25) is 0 Å². The van der Waals surface area contributed by atoms with Gasteiger partial charge in [-0.3, -0.25) is 4.79 Å². The van der Waals surface area contributed by atoms with E-state index >= 15 is 0 Å². The highest BCUT2D eigenvalue weighted by Crippen LogP contribution is 2.24. The van der Waals surface area contributed by atoms with Crippen molar-refractivity contribution in [2.45, 2.75) is 11.8 Å². The van der Waals surface area contributed by atoms with E-state index in [4.69, 9.17) is 4.74 Å². The van der Waals surface area contributed by atoms with Gasteiger partial charge in [0, 0.05) is 4.90 Å². The number of thioether (sulfide) groups is 1. The summed E-state index contributed by atoms with van der Waals surface area (Å²) in [5.41, 5.74) is 1.53. The molecule has 0 heterocycles. The molecule has 0 saturated carbocycles. The van der Waals surface area contributed by atoms with Crippen LogP contribution in [0.15, 0.2) is 47.4 Å². The van der Waals surface area contributed by atoms with E-state index < -0.39 is 18.5 Å². The summed E-state index contributed by atoms with van der Waals surface area (Å²) in [6, 6.07) is 12.0. The van der Waals surface area contributed by atoms with Gasteiger partial charge in [-0.15, -0.1) is 11.8 Å². The largest absolute Gasteiger partial charge is 0.507 e. The number of anilines is 1. The Bertz CT molecular complexity index is 730. The van der Waals surface area contributed by atoms with E-state index in [0.29, 0.717) is 5.69 Å². The molecule has 0 radical (unpaired) electrons. The molecule has 0 aliphatic rings. The molecule has 23 heavy (non-hydrogen) atoms. The molecule has 0 aliphatic heterocycles. The van der Waals surface area contributed by atoms with Gasteiger partial charge in [0.2, 0.25) is 0 Å². The fourth-order valence-electron chi connectivity index (χ4n) is 1.96. The van der Waals surface area contributed by atoms with Gasteiger partial charge in [-0.25, -0.2) is 4.79 Å². The molecule has 0 aromatic heterocycles. The lowest BCUT2D eigenvalue weighted by molar-refractivity contribution is -0.119. The number of amides is 1. The molecule has 2 N–H and O–H groups in total. The molecule has 5 nitrogen and oxygen atoms in total. The van der Waals surface area contributed by atoms with Crippen LogP contribution in [0, 0.1) is 6.92 Å². The molecular weight excluding hydrogens is 314 g/mol. The number of aryl methyl sites for hydroxylation is 1. The molecule has 120 valence electrons. The van der Waals surface area contributed by atoms with Gasteiger partial charge in [0.1, 0.15) is 11.3 Å². The average molecular weight is 331 g/mol. The Labute approximate surface area is 138 Å². The Hall–Kier alpha value is -2.47. The first kappa shape index (κ1) is 16.9. The highest BCUT2D eigenvalue weighted by molar-refractivity contribution is 7.98. The Morgan fingerprint density at radius 3 is 2.65 bits per heavy atom. The lowest BCUT2D eigenvalue weighted by atomic mass is 10.1. The number of carbonyl (C=O) groups is 2. The van der Waals surface area contributed by atoms with Crippen LogP contribution in [0.4, 0.5) is 5.69 Å². The van der Waals surface area contributed by atoms with Crippen molar-refractivity contribution >= 4 is 29.3 Å². The lowest BCUT2D eigenvalue weighted by Crippen LogP contribution is -2.21. The number of benzene rings is 2. The van der Waals surface area contributed by atoms with Crippen molar-refractivity contribution in [3.05, 3.63) is 53.6 Å². The molecule has 0 aliphatic carbocycles. The summed E-state index contributed by atoms with van der Waals surface area (Å²) in [5.74, 6) is -1.34. The molecule has 1 amide bonds. The summed E-state index contributed by atoms with van der Waals surface area (Å²) < 4.78 is 4.94. The highest BCUT2D eigenvalue weighted by Gasteiger charge is 2.15. The summed E-state index contributed by atoms with van der Waals surface area (Å²) in [6.45, 7) is 1.38. The van der Waals surface area contributed by atoms with Gasteiger partial charge < -0.3 is 15.2 Å². The molecule has 0 saturated heterocycles. The maximum absolute atomic E-state index is 11.9. The van der Waals surface area contributed by atoms with Crippen molar-refractivity contribution in [1.82, 2.24) is 0 Å². The first-order valence-corrected chi connectivity index (χ1v) is 8.13. The third kappa shape index (κ3) is 4.50. The normalized spacial score (nSPS) is 10.2. The summed E-state index contributed by atoms with van der Waals surface area (Å²) in [4.78, 5) is 24.7. The monoisotopic (exact) mass is 331 g/mol. The average Bonchev–Trinajstić information content (AvgIpc) is 2.53. The molecule has 2 rings (SSSR count). The molecular formula is C17H17NO4S. The van der Waals surface area contributed by atoms with Crippen LogP contribution in [0.5, 0.6) is 5.75 Å². The predicted octanol–water partition coefficient (Wildman–Crippen LogP) is 3.22. The SMILES string of the molecule is CSc1ccccc1NC(=O)COC(=O)c1ccc(C)cc1O. The van der Waals surface area contributed by atoms with Crippen LogP contribution in [0.25, 0.3) is 0 Å². The summed E-state index contributed by atoms with van der Waals surface area (Å²) in [6.07, 6.45) is 1.91. The van der Waals surface area contributed by atoms with Crippen LogP contribution < -0.4 is 5.32 Å². The van der Waals surface area contributed by atoms with Gasteiger partial charge in [0.05, 0.1) is 5.69 Å². The Balaban J connectivity index is 1.95. The lowest BCUT2D eigenvalue weighted by Gasteiger charge is -2.10. The van der Waals surface area contributed by atoms with Crippen LogP contribution in [0.3, 0.4) is 0 Å². The highest BCUT2D eigenvalue weighted by atomic mass is 32.2. The summed E-state index contributed by atoms with van der Waals surface area (Å²) in [7, 11) is 0. The molecule has 2 aromatic carbocycles. The Morgan fingerprint density at radius 1 is 1.22 bits per heavy atom. The van der Waals surface area contributed by atoms with Crippen LogP contribution in [-0.4, -0.2) is 29.8 Å². The van der Waals surface area contributed by atoms with Gasteiger partial charge >= 0.3 is 5.97 Å². The van der Waals surface area contributed by atoms with Crippen molar-refractivity contribution in [3.8, 4) is 5.75 Å². The number of hydrogen-bond donors (Lipinski definition) is 2. The minimum atomic E-state index is -0.740. The topological polar surface area (TPSA) is 75.6 Å². The standard InChI is InChI=1S/C17H17NO4S/c1-11-7-8-12(14(19)9-11)17(21)22-10-16(20)18-13-5-3-4-6-15(13)23-2/h3-9,19H,10H2,1-2H3,(H,18,20). The molecule has 0 fully saturated rings. The van der Waals surface area contributed by atoms with E-state index in [9.17, 15) is 14.7 Å². The number of para-hydroxylation sites is 1. The van der Waals surface area contributed by atoms with Crippen LogP contribution in [0.1, 0.15) is 15.9 Å². The second kappa shape index (κ2) is 7.69. The number of esters is 1. The van der Waals surface area contributed by atoms with Gasteiger partial charge in [0.15, 0.2) is 6.61 Å². The van der Waals surface area contributed by atoms with Gasteiger partial charge in [-0.1, -0.05) is 18.2 Å². The van der Waals surface area contributed by atoms with E-state index in [-0.39, 0.29) is 11.3 Å². The number of hydrogen-bond acceptors (Lipinski definition) is 5. The van der Waals surface area contributed by atoms with Crippen molar-refractivity contribution in [2.75, 3.05) is 18.2 Å². The fourth-order valence-corrected chi connectivity index (χ4v) is 2.51. The first-order chi connectivity index (χ1) is 11.0. The maximum Gasteiger partial charge on any atom is 0.342 e. The molecule has 0 spiro atoms. The minimum Gasteiger partial charge on any atom is -0.507 e. The van der Waals surface area contributed by atoms with E-state index in [1.54, 1.807) is 19.1 Å². The predicted molar refractivity (Wildman–Crippen MR) is 90.0 cm³/mol. The van der Waals surface area contributed by atoms with E-state index in [1.807, 2.05) is 24.5 Å². The number of phenolic OH excluding ortho intramolecular Hbond substituents is 1. The van der Waals surface area contributed by atoms with Gasteiger partial charge in [-0.05, 0) is 43.0 Å². The number of carbonyl (C=O) groups excluding carboxylic acids is 2. The second-order valence-electron chi connectivity index (χ2n) is 4.85. The van der Waals surface area contributed by atoms with E-state index in [1.165, 1.54) is 23.9 Å². The Morgan fingerprint density at radius 2 is 1.96 bits per heavy atom. The number of ether oxygens (including phenoxy) is 1. The third-order valence-corrected chi connectivity index (χ3v) is 3.88.